The number of hydrogen-bond acceptors (Lipinski definition) is 3. The van der Waals surface area contributed by atoms with E-state index in [0.717, 1.165) is 17.5 Å². The first-order valence-electron chi connectivity index (χ1n) is 8.61. The van der Waals surface area contributed by atoms with Crippen molar-refractivity contribution < 1.29 is 4.79 Å². The van der Waals surface area contributed by atoms with Gasteiger partial charge in [-0.3, -0.25) is 10.2 Å². The predicted molar refractivity (Wildman–Crippen MR) is 96.2 cm³/mol. The molecule has 4 heteroatoms. The Morgan fingerprint density at radius 3 is 2.54 bits per heavy atom. The first kappa shape index (κ1) is 16.7. The topological polar surface area (TPSA) is 53.2 Å². The van der Waals surface area contributed by atoms with Gasteiger partial charge in [0, 0.05) is 6.54 Å². The molecule has 0 saturated carbocycles. The summed E-state index contributed by atoms with van der Waals surface area (Å²) in [6.07, 6.45) is 1.02. The van der Waals surface area contributed by atoms with E-state index < -0.39 is 0 Å². The van der Waals surface area contributed by atoms with E-state index >= 15 is 0 Å². The number of nitrogens with one attached hydrogen (secondary N) is 3. The van der Waals surface area contributed by atoms with Gasteiger partial charge in [-0.1, -0.05) is 61.5 Å². The lowest BCUT2D eigenvalue weighted by molar-refractivity contribution is -0.125. The highest BCUT2D eigenvalue weighted by molar-refractivity contribution is 5.80. The number of hydrogen-bond donors (Lipinski definition) is 3. The van der Waals surface area contributed by atoms with E-state index in [2.05, 4.69) is 47.4 Å². The zero-order valence-corrected chi connectivity index (χ0v) is 14.3. The van der Waals surface area contributed by atoms with Crippen molar-refractivity contribution in [2.75, 3.05) is 6.54 Å². The van der Waals surface area contributed by atoms with Gasteiger partial charge < -0.3 is 5.32 Å². The Hall–Kier alpha value is -2.17. The molecule has 4 nitrogen and oxygen atoms in total. The highest BCUT2D eigenvalue weighted by atomic mass is 16.2. The standard InChI is InChI=1S/C20H25N3O/c1-3-15-9-11-17(12-10-15)19-18(13-21-23-19)20(24)22-14(2)16-7-5-4-6-8-16/h4-12,14,18-19,21,23H,3,13H2,1-2H3,(H,22,24). The SMILES string of the molecule is CCc1ccc(C2NNCC2C(=O)NC(C)c2ccccc2)cc1. The average Bonchev–Trinajstić information content (AvgIpc) is 3.12. The van der Waals surface area contributed by atoms with Gasteiger partial charge in [0.1, 0.15) is 0 Å². The van der Waals surface area contributed by atoms with Crippen LogP contribution in [0.15, 0.2) is 54.6 Å². The molecule has 126 valence electrons. The lowest BCUT2D eigenvalue weighted by atomic mass is 9.93. The molecule has 0 spiro atoms. The van der Waals surface area contributed by atoms with Crippen LogP contribution in [0.5, 0.6) is 0 Å². The molecule has 0 bridgehead atoms. The summed E-state index contributed by atoms with van der Waals surface area (Å²) in [6, 6.07) is 18.6. The molecule has 3 atom stereocenters. The maximum atomic E-state index is 12.7. The van der Waals surface area contributed by atoms with Gasteiger partial charge >= 0.3 is 0 Å². The third-order valence-electron chi connectivity index (χ3n) is 4.72. The summed E-state index contributed by atoms with van der Waals surface area (Å²) in [5, 5.41) is 3.14. The second-order valence-electron chi connectivity index (χ2n) is 6.35. The lowest BCUT2D eigenvalue weighted by Gasteiger charge is -2.21. The fourth-order valence-electron chi connectivity index (χ4n) is 3.16. The van der Waals surface area contributed by atoms with Crippen molar-refractivity contribution in [3.8, 4) is 0 Å². The van der Waals surface area contributed by atoms with Crippen LogP contribution >= 0.6 is 0 Å². The molecule has 0 aliphatic carbocycles. The van der Waals surface area contributed by atoms with Crippen LogP contribution in [0.4, 0.5) is 0 Å². The summed E-state index contributed by atoms with van der Waals surface area (Å²) < 4.78 is 0. The summed E-state index contributed by atoms with van der Waals surface area (Å²) in [5.41, 5.74) is 9.95. The fourth-order valence-corrected chi connectivity index (χ4v) is 3.16. The van der Waals surface area contributed by atoms with Crippen LogP contribution in [-0.4, -0.2) is 12.5 Å². The summed E-state index contributed by atoms with van der Waals surface area (Å²) >= 11 is 0. The highest BCUT2D eigenvalue weighted by Gasteiger charge is 2.34. The number of carbonyl (C=O) groups is 1. The van der Waals surface area contributed by atoms with Crippen LogP contribution in [0, 0.1) is 5.92 Å². The molecule has 24 heavy (non-hydrogen) atoms. The van der Waals surface area contributed by atoms with E-state index in [1.165, 1.54) is 5.56 Å². The van der Waals surface area contributed by atoms with E-state index in [-0.39, 0.29) is 23.9 Å². The van der Waals surface area contributed by atoms with E-state index in [4.69, 9.17) is 0 Å². The molecule has 1 fully saturated rings. The van der Waals surface area contributed by atoms with Crippen LogP contribution < -0.4 is 16.2 Å². The Morgan fingerprint density at radius 2 is 1.88 bits per heavy atom. The first-order valence-corrected chi connectivity index (χ1v) is 8.61. The van der Waals surface area contributed by atoms with Gasteiger partial charge in [0.2, 0.25) is 5.91 Å². The minimum absolute atomic E-state index is 0.00104. The minimum Gasteiger partial charge on any atom is -0.349 e. The lowest BCUT2D eigenvalue weighted by Crippen LogP contribution is -2.36. The van der Waals surface area contributed by atoms with Gasteiger partial charge in [-0.05, 0) is 30.0 Å². The maximum absolute atomic E-state index is 12.7. The van der Waals surface area contributed by atoms with Crippen molar-refractivity contribution in [2.24, 2.45) is 5.92 Å². The molecule has 1 saturated heterocycles. The van der Waals surface area contributed by atoms with Gasteiger partial charge in [-0.25, -0.2) is 5.43 Å². The van der Waals surface area contributed by atoms with Gasteiger partial charge in [0.25, 0.3) is 0 Å². The highest BCUT2D eigenvalue weighted by Crippen LogP contribution is 2.26. The molecule has 1 amide bonds. The normalized spacial score (nSPS) is 21.4. The molecule has 3 unspecified atom stereocenters. The smallest absolute Gasteiger partial charge is 0.226 e. The van der Waals surface area contributed by atoms with Crippen molar-refractivity contribution in [1.29, 1.82) is 0 Å². The molecule has 3 N–H and O–H groups in total. The summed E-state index contributed by atoms with van der Waals surface area (Å²) in [4.78, 5) is 12.7. The van der Waals surface area contributed by atoms with Gasteiger partial charge in [-0.2, -0.15) is 0 Å². The zero-order valence-electron chi connectivity index (χ0n) is 14.3. The molecule has 3 rings (SSSR count). The van der Waals surface area contributed by atoms with Crippen molar-refractivity contribution in [3.05, 3.63) is 71.3 Å². The monoisotopic (exact) mass is 323 g/mol. The third-order valence-corrected chi connectivity index (χ3v) is 4.72. The molecule has 2 aromatic rings. The number of carbonyl (C=O) groups excluding carboxylic acids is 1. The Bertz CT molecular complexity index is 669. The number of aryl methyl sites for hydroxylation is 1. The van der Waals surface area contributed by atoms with Crippen molar-refractivity contribution in [3.63, 3.8) is 0 Å². The number of benzene rings is 2. The van der Waals surface area contributed by atoms with Crippen molar-refractivity contribution in [2.45, 2.75) is 32.4 Å². The number of hydrazine groups is 1. The maximum Gasteiger partial charge on any atom is 0.226 e. The average molecular weight is 323 g/mol. The first-order chi connectivity index (χ1) is 11.7. The molecule has 0 radical (unpaired) electrons. The Balaban J connectivity index is 1.69. The molecule has 1 aliphatic rings. The van der Waals surface area contributed by atoms with Gasteiger partial charge in [0.15, 0.2) is 0 Å². The minimum atomic E-state index is -0.122. The van der Waals surface area contributed by atoms with Crippen LogP contribution in [0.25, 0.3) is 0 Å². The van der Waals surface area contributed by atoms with E-state index in [9.17, 15) is 4.79 Å². The van der Waals surface area contributed by atoms with Crippen molar-refractivity contribution >= 4 is 5.91 Å². The molecule has 1 aliphatic heterocycles. The Morgan fingerprint density at radius 1 is 1.17 bits per heavy atom. The molecular formula is C20H25N3O. The number of amides is 1. The van der Waals surface area contributed by atoms with E-state index in [0.29, 0.717) is 6.54 Å². The molecule has 2 aromatic carbocycles. The summed E-state index contributed by atoms with van der Waals surface area (Å²) in [7, 11) is 0. The largest absolute Gasteiger partial charge is 0.349 e. The second kappa shape index (κ2) is 7.60. The summed E-state index contributed by atoms with van der Waals surface area (Å²) in [5.74, 6) is -0.0444. The van der Waals surface area contributed by atoms with E-state index in [1.807, 2.05) is 37.3 Å². The van der Waals surface area contributed by atoms with Gasteiger partial charge in [0.05, 0.1) is 18.0 Å². The van der Waals surface area contributed by atoms with E-state index in [1.54, 1.807) is 0 Å². The molecular weight excluding hydrogens is 298 g/mol. The fraction of sp³-hybridized carbons (Fsp3) is 0.350. The summed E-state index contributed by atoms with van der Waals surface area (Å²) in [6.45, 7) is 4.80. The predicted octanol–water partition coefficient (Wildman–Crippen LogP) is 2.89. The number of rotatable bonds is 5. The molecule has 0 aromatic heterocycles. The Kier molecular flexibility index (Phi) is 5.28. The van der Waals surface area contributed by atoms with Crippen LogP contribution in [0.3, 0.4) is 0 Å². The third kappa shape index (κ3) is 3.66. The van der Waals surface area contributed by atoms with Crippen molar-refractivity contribution in [1.82, 2.24) is 16.2 Å². The quantitative estimate of drug-likeness (QED) is 0.793. The van der Waals surface area contributed by atoms with Crippen LogP contribution in [0.1, 0.15) is 42.6 Å². The Labute approximate surface area is 143 Å². The molecule has 1 heterocycles. The van der Waals surface area contributed by atoms with Crippen LogP contribution in [-0.2, 0) is 11.2 Å². The van der Waals surface area contributed by atoms with Gasteiger partial charge in [-0.15, -0.1) is 0 Å². The second-order valence-corrected chi connectivity index (χ2v) is 6.35. The van der Waals surface area contributed by atoms with Crippen LogP contribution in [0.2, 0.25) is 0 Å². The zero-order chi connectivity index (χ0) is 16.9.